The SMILES string of the molecule is Cc1oc2c(Cl)c(Cl)c(O)cc2c1C(=O)O. The van der Waals surface area contributed by atoms with Crippen molar-refractivity contribution >= 4 is 40.1 Å². The maximum Gasteiger partial charge on any atom is 0.339 e. The molecule has 0 aliphatic rings. The minimum absolute atomic E-state index is 0.00673. The molecule has 2 N–H and O–H groups in total. The quantitative estimate of drug-likeness (QED) is 0.824. The van der Waals surface area contributed by atoms with Crippen molar-refractivity contribution in [3.05, 3.63) is 27.4 Å². The molecule has 0 aliphatic carbocycles. The van der Waals surface area contributed by atoms with Gasteiger partial charge in [0.2, 0.25) is 0 Å². The Morgan fingerprint density at radius 3 is 2.56 bits per heavy atom. The molecule has 1 aromatic carbocycles. The molecule has 0 amide bonds. The number of furan rings is 1. The molecule has 0 saturated heterocycles. The highest BCUT2D eigenvalue weighted by Gasteiger charge is 2.22. The minimum atomic E-state index is -1.14. The summed E-state index contributed by atoms with van der Waals surface area (Å²) in [7, 11) is 0. The average molecular weight is 261 g/mol. The van der Waals surface area contributed by atoms with Crippen LogP contribution in [0.25, 0.3) is 11.0 Å². The molecule has 0 atom stereocenters. The van der Waals surface area contributed by atoms with Gasteiger partial charge in [-0.1, -0.05) is 23.2 Å². The number of hydrogen-bond acceptors (Lipinski definition) is 3. The van der Waals surface area contributed by atoms with Gasteiger partial charge in [-0.25, -0.2) is 4.79 Å². The fourth-order valence-corrected chi connectivity index (χ4v) is 1.92. The normalized spacial score (nSPS) is 10.9. The first-order valence-electron chi connectivity index (χ1n) is 4.26. The maximum absolute atomic E-state index is 11.0. The van der Waals surface area contributed by atoms with E-state index < -0.39 is 5.97 Å². The third kappa shape index (κ3) is 1.42. The molecule has 0 saturated carbocycles. The van der Waals surface area contributed by atoms with Crippen LogP contribution in [-0.2, 0) is 0 Å². The zero-order valence-electron chi connectivity index (χ0n) is 8.04. The Bertz CT molecular complexity index is 601. The van der Waals surface area contributed by atoms with Crippen LogP contribution in [0, 0.1) is 6.92 Å². The molecular weight excluding hydrogens is 255 g/mol. The number of carboxylic acids is 1. The summed E-state index contributed by atoms with van der Waals surface area (Å²) in [4.78, 5) is 11.0. The summed E-state index contributed by atoms with van der Waals surface area (Å²) in [6.45, 7) is 1.50. The van der Waals surface area contributed by atoms with Crippen molar-refractivity contribution in [3.63, 3.8) is 0 Å². The van der Waals surface area contributed by atoms with Crippen LogP contribution in [0.1, 0.15) is 16.1 Å². The zero-order valence-corrected chi connectivity index (χ0v) is 9.56. The van der Waals surface area contributed by atoms with Gasteiger partial charge in [0.15, 0.2) is 5.58 Å². The Hall–Kier alpha value is -1.39. The van der Waals surface area contributed by atoms with Crippen molar-refractivity contribution in [1.82, 2.24) is 0 Å². The van der Waals surface area contributed by atoms with E-state index in [0.717, 1.165) is 0 Å². The second kappa shape index (κ2) is 3.57. The van der Waals surface area contributed by atoms with E-state index in [1.807, 2.05) is 0 Å². The van der Waals surface area contributed by atoms with Crippen molar-refractivity contribution in [3.8, 4) is 5.75 Å². The highest BCUT2D eigenvalue weighted by Crippen LogP contribution is 2.40. The number of benzene rings is 1. The van der Waals surface area contributed by atoms with E-state index >= 15 is 0 Å². The lowest BCUT2D eigenvalue weighted by molar-refractivity contribution is 0.0697. The number of fused-ring (bicyclic) bond motifs is 1. The van der Waals surface area contributed by atoms with Crippen LogP contribution in [0.4, 0.5) is 0 Å². The summed E-state index contributed by atoms with van der Waals surface area (Å²) in [5, 5.41) is 18.6. The first-order valence-corrected chi connectivity index (χ1v) is 5.02. The highest BCUT2D eigenvalue weighted by molar-refractivity contribution is 6.46. The fraction of sp³-hybridized carbons (Fsp3) is 0.100. The molecule has 0 aliphatic heterocycles. The molecule has 0 bridgehead atoms. The maximum atomic E-state index is 11.0. The van der Waals surface area contributed by atoms with E-state index in [0.29, 0.717) is 0 Å². The Labute approximate surface area is 100.0 Å². The third-order valence-corrected chi connectivity index (χ3v) is 3.07. The van der Waals surface area contributed by atoms with Gasteiger partial charge in [0.1, 0.15) is 27.1 Å². The highest BCUT2D eigenvalue weighted by atomic mass is 35.5. The zero-order chi connectivity index (χ0) is 12.0. The molecule has 1 aromatic heterocycles. The number of carbonyl (C=O) groups is 1. The minimum Gasteiger partial charge on any atom is -0.506 e. The topological polar surface area (TPSA) is 70.7 Å². The van der Waals surface area contributed by atoms with Gasteiger partial charge in [0, 0.05) is 5.39 Å². The number of phenols is 1. The molecule has 84 valence electrons. The lowest BCUT2D eigenvalue weighted by Crippen LogP contribution is -1.96. The van der Waals surface area contributed by atoms with Crippen LogP contribution in [0.2, 0.25) is 10.0 Å². The van der Waals surface area contributed by atoms with Gasteiger partial charge in [-0.05, 0) is 13.0 Å². The Morgan fingerprint density at radius 1 is 1.38 bits per heavy atom. The number of rotatable bonds is 1. The van der Waals surface area contributed by atoms with Crippen molar-refractivity contribution in [1.29, 1.82) is 0 Å². The molecule has 2 rings (SSSR count). The summed E-state index contributed by atoms with van der Waals surface area (Å²) in [5.74, 6) is -1.21. The second-order valence-corrected chi connectivity index (χ2v) is 3.99. The van der Waals surface area contributed by atoms with E-state index in [2.05, 4.69) is 0 Å². The largest absolute Gasteiger partial charge is 0.506 e. The van der Waals surface area contributed by atoms with E-state index in [9.17, 15) is 9.90 Å². The van der Waals surface area contributed by atoms with Gasteiger partial charge < -0.3 is 14.6 Å². The molecule has 4 nitrogen and oxygen atoms in total. The summed E-state index contributed by atoms with van der Waals surface area (Å²) in [6.07, 6.45) is 0. The third-order valence-electron chi connectivity index (χ3n) is 2.23. The summed E-state index contributed by atoms with van der Waals surface area (Å²) < 4.78 is 5.22. The Kier molecular flexibility index (Phi) is 2.48. The van der Waals surface area contributed by atoms with Gasteiger partial charge >= 0.3 is 5.97 Å². The molecular formula is C10H6Cl2O4. The summed E-state index contributed by atoms with van der Waals surface area (Å²) >= 11 is 11.6. The number of halogens is 2. The van der Waals surface area contributed by atoms with E-state index in [1.54, 1.807) is 0 Å². The number of aryl methyl sites for hydroxylation is 1. The second-order valence-electron chi connectivity index (χ2n) is 3.24. The van der Waals surface area contributed by atoms with Crippen LogP contribution in [-0.4, -0.2) is 16.2 Å². The number of aromatic carboxylic acids is 1. The fourth-order valence-electron chi connectivity index (χ4n) is 1.54. The van der Waals surface area contributed by atoms with Gasteiger partial charge in [0.05, 0.1) is 0 Å². The van der Waals surface area contributed by atoms with Crippen molar-refractivity contribution in [2.24, 2.45) is 0 Å². The molecule has 0 unspecified atom stereocenters. The average Bonchev–Trinajstić information content (AvgIpc) is 2.51. The Morgan fingerprint density at radius 2 is 2.00 bits per heavy atom. The van der Waals surface area contributed by atoms with E-state index in [1.165, 1.54) is 13.0 Å². The smallest absolute Gasteiger partial charge is 0.339 e. The van der Waals surface area contributed by atoms with Crippen molar-refractivity contribution in [2.75, 3.05) is 0 Å². The Balaban J connectivity index is 2.96. The van der Waals surface area contributed by atoms with E-state index in [4.69, 9.17) is 32.7 Å². The van der Waals surface area contributed by atoms with Gasteiger partial charge in [-0.3, -0.25) is 0 Å². The first kappa shape index (κ1) is 11.1. The number of aromatic hydroxyl groups is 1. The standard InChI is InChI=1S/C10H6Cl2O4/c1-3-6(10(14)15)4-2-5(13)7(11)8(12)9(4)16-3/h2,13H,1H3,(H,14,15). The lowest BCUT2D eigenvalue weighted by atomic mass is 10.1. The molecule has 0 spiro atoms. The predicted octanol–water partition coefficient (Wildman–Crippen LogP) is 3.45. The van der Waals surface area contributed by atoms with E-state index in [-0.39, 0.29) is 38.1 Å². The van der Waals surface area contributed by atoms with Crippen LogP contribution >= 0.6 is 23.2 Å². The lowest BCUT2D eigenvalue weighted by Gasteiger charge is -1.99. The summed E-state index contributed by atoms with van der Waals surface area (Å²) in [6, 6.07) is 1.23. The summed E-state index contributed by atoms with van der Waals surface area (Å²) in [5.41, 5.74) is 0.142. The van der Waals surface area contributed by atoms with Crippen LogP contribution in [0.15, 0.2) is 10.5 Å². The number of phenolic OH excluding ortho intramolecular Hbond substituents is 1. The van der Waals surface area contributed by atoms with Gasteiger partial charge in [0.25, 0.3) is 0 Å². The van der Waals surface area contributed by atoms with Gasteiger partial charge in [-0.15, -0.1) is 0 Å². The van der Waals surface area contributed by atoms with Gasteiger partial charge in [-0.2, -0.15) is 0 Å². The molecule has 1 heterocycles. The number of carboxylic acid groups (broad SMARTS) is 1. The molecule has 6 heteroatoms. The van der Waals surface area contributed by atoms with Crippen LogP contribution < -0.4 is 0 Å². The molecule has 0 fully saturated rings. The van der Waals surface area contributed by atoms with Crippen LogP contribution in [0.5, 0.6) is 5.75 Å². The molecule has 0 radical (unpaired) electrons. The number of hydrogen-bond donors (Lipinski definition) is 2. The van der Waals surface area contributed by atoms with Crippen LogP contribution in [0.3, 0.4) is 0 Å². The van der Waals surface area contributed by atoms with Crippen molar-refractivity contribution in [2.45, 2.75) is 6.92 Å². The first-order chi connectivity index (χ1) is 7.43. The molecule has 16 heavy (non-hydrogen) atoms. The van der Waals surface area contributed by atoms with Crippen molar-refractivity contribution < 1.29 is 19.4 Å². The molecule has 2 aromatic rings. The monoisotopic (exact) mass is 260 g/mol. The predicted molar refractivity (Wildman–Crippen MR) is 59.6 cm³/mol.